The predicted octanol–water partition coefficient (Wildman–Crippen LogP) is 3.17. The van der Waals surface area contributed by atoms with Crippen LogP contribution in [0, 0.1) is 17.8 Å². The molecule has 4 unspecified atom stereocenters. The molecule has 1 saturated carbocycles. The van der Waals surface area contributed by atoms with Gasteiger partial charge in [-0.25, -0.2) is 0 Å². The van der Waals surface area contributed by atoms with Crippen molar-refractivity contribution >= 4 is 5.97 Å². The van der Waals surface area contributed by atoms with E-state index in [-0.39, 0.29) is 12.2 Å². The molecule has 21 heavy (non-hydrogen) atoms. The summed E-state index contributed by atoms with van der Waals surface area (Å²) in [6.07, 6.45) is 6.48. The molecule has 2 N–H and O–H groups in total. The van der Waals surface area contributed by atoms with E-state index in [0.717, 1.165) is 12.0 Å². The number of rotatable bonds is 5. The van der Waals surface area contributed by atoms with Crippen LogP contribution in [0.2, 0.25) is 0 Å². The van der Waals surface area contributed by atoms with Gasteiger partial charge in [-0.1, -0.05) is 18.2 Å². The minimum absolute atomic E-state index is 0.152. The van der Waals surface area contributed by atoms with Gasteiger partial charge in [-0.05, 0) is 54.2 Å². The third-order valence-electron chi connectivity index (χ3n) is 4.90. The number of phenolic OH excluding ortho intramolecular Hbond substituents is 1. The van der Waals surface area contributed by atoms with Gasteiger partial charge in [0.1, 0.15) is 0 Å². The van der Waals surface area contributed by atoms with E-state index in [2.05, 4.69) is 12.2 Å². The molecule has 3 rings (SSSR count). The fourth-order valence-electron chi connectivity index (χ4n) is 4.02. The molecule has 112 valence electrons. The second kappa shape index (κ2) is 5.43. The average molecular weight is 288 g/mol. The largest absolute Gasteiger partial charge is 0.504 e. The van der Waals surface area contributed by atoms with Gasteiger partial charge in [-0.15, -0.1) is 0 Å². The Labute approximate surface area is 124 Å². The number of fused-ring (bicyclic) bond motifs is 2. The second-order valence-corrected chi connectivity index (χ2v) is 6.00. The monoisotopic (exact) mass is 288 g/mol. The highest BCUT2D eigenvalue weighted by Crippen LogP contribution is 2.55. The molecule has 2 aliphatic rings. The number of allylic oxidation sites excluding steroid dienone is 2. The number of carboxylic acid groups (broad SMARTS) is 1. The highest BCUT2D eigenvalue weighted by Gasteiger charge is 2.44. The van der Waals surface area contributed by atoms with Crippen molar-refractivity contribution in [2.75, 3.05) is 7.11 Å². The van der Waals surface area contributed by atoms with Crippen LogP contribution in [-0.2, 0) is 4.79 Å². The van der Waals surface area contributed by atoms with E-state index in [0.29, 0.717) is 35.8 Å². The van der Waals surface area contributed by atoms with Crippen LogP contribution >= 0.6 is 0 Å². The number of aliphatic carboxylic acids is 1. The van der Waals surface area contributed by atoms with Gasteiger partial charge in [-0.2, -0.15) is 0 Å². The molecule has 0 saturated heterocycles. The molecule has 0 heterocycles. The summed E-state index contributed by atoms with van der Waals surface area (Å²) in [7, 11) is 1.53. The Kier molecular flexibility index (Phi) is 3.62. The van der Waals surface area contributed by atoms with Gasteiger partial charge in [0.15, 0.2) is 11.5 Å². The first-order valence-electron chi connectivity index (χ1n) is 7.37. The number of benzene rings is 1. The first kappa shape index (κ1) is 14.0. The predicted molar refractivity (Wildman–Crippen MR) is 78.5 cm³/mol. The van der Waals surface area contributed by atoms with E-state index in [1.807, 2.05) is 6.07 Å². The van der Waals surface area contributed by atoms with E-state index in [9.17, 15) is 9.90 Å². The van der Waals surface area contributed by atoms with E-state index >= 15 is 0 Å². The van der Waals surface area contributed by atoms with Crippen molar-refractivity contribution in [3.05, 3.63) is 35.9 Å². The molecule has 1 fully saturated rings. The first-order valence-corrected chi connectivity index (χ1v) is 7.37. The zero-order chi connectivity index (χ0) is 15.0. The fraction of sp³-hybridized carbons (Fsp3) is 0.471. The molecule has 0 amide bonds. The van der Waals surface area contributed by atoms with Gasteiger partial charge in [0, 0.05) is 6.42 Å². The van der Waals surface area contributed by atoms with Crippen LogP contribution in [0.25, 0.3) is 0 Å². The molecule has 0 aliphatic heterocycles. The van der Waals surface area contributed by atoms with Crippen LogP contribution in [0.4, 0.5) is 0 Å². The molecular formula is C17H20O4. The number of aromatic hydroxyl groups is 1. The van der Waals surface area contributed by atoms with E-state index in [1.165, 1.54) is 7.11 Å². The highest BCUT2D eigenvalue weighted by atomic mass is 16.5. The number of carboxylic acids is 1. The third-order valence-corrected chi connectivity index (χ3v) is 4.90. The van der Waals surface area contributed by atoms with Gasteiger partial charge in [-0.3, -0.25) is 4.79 Å². The van der Waals surface area contributed by atoms with Crippen molar-refractivity contribution in [3.63, 3.8) is 0 Å². The molecule has 0 radical (unpaired) electrons. The normalized spacial score (nSPS) is 29.8. The zero-order valence-electron chi connectivity index (χ0n) is 12.0. The molecule has 2 aliphatic carbocycles. The third kappa shape index (κ3) is 2.50. The SMILES string of the molecule is COc1ccc(C2C3C=CC(C3)C2CCC(=O)O)cc1O. The molecule has 0 spiro atoms. The van der Waals surface area contributed by atoms with Crippen molar-refractivity contribution in [2.24, 2.45) is 17.8 Å². The maximum absolute atomic E-state index is 10.9. The smallest absolute Gasteiger partial charge is 0.303 e. The van der Waals surface area contributed by atoms with Crippen molar-refractivity contribution < 1.29 is 19.7 Å². The second-order valence-electron chi connectivity index (χ2n) is 6.00. The molecule has 1 aromatic rings. The van der Waals surface area contributed by atoms with Crippen LogP contribution in [0.15, 0.2) is 30.4 Å². The average Bonchev–Trinajstić information content (AvgIpc) is 3.05. The van der Waals surface area contributed by atoms with Crippen LogP contribution in [0.5, 0.6) is 11.5 Å². The number of carbonyl (C=O) groups is 1. The van der Waals surface area contributed by atoms with Crippen LogP contribution in [0.3, 0.4) is 0 Å². The summed E-state index contributed by atoms with van der Waals surface area (Å²) >= 11 is 0. The Morgan fingerprint density at radius 2 is 2.10 bits per heavy atom. The number of hydrogen-bond donors (Lipinski definition) is 2. The lowest BCUT2D eigenvalue weighted by Gasteiger charge is -2.28. The Morgan fingerprint density at radius 1 is 1.33 bits per heavy atom. The van der Waals surface area contributed by atoms with Crippen LogP contribution in [0.1, 0.15) is 30.7 Å². The minimum atomic E-state index is -0.738. The highest BCUT2D eigenvalue weighted by molar-refractivity contribution is 5.66. The number of ether oxygens (including phenoxy) is 1. The summed E-state index contributed by atoms with van der Waals surface area (Å²) in [5.41, 5.74) is 1.08. The van der Waals surface area contributed by atoms with Gasteiger partial charge in [0.2, 0.25) is 0 Å². The maximum atomic E-state index is 10.9. The van der Waals surface area contributed by atoms with Crippen molar-refractivity contribution in [1.82, 2.24) is 0 Å². The van der Waals surface area contributed by atoms with Gasteiger partial charge < -0.3 is 14.9 Å². The number of methoxy groups -OCH3 is 1. The maximum Gasteiger partial charge on any atom is 0.303 e. The molecule has 1 aromatic carbocycles. The fourth-order valence-corrected chi connectivity index (χ4v) is 4.02. The molecule has 2 bridgehead atoms. The minimum Gasteiger partial charge on any atom is -0.504 e. The molecule has 4 nitrogen and oxygen atoms in total. The van der Waals surface area contributed by atoms with Crippen LogP contribution in [-0.4, -0.2) is 23.3 Å². The van der Waals surface area contributed by atoms with Crippen molar-refractivity contribution in [3.8, 4) is 11.5 Å². The van der Waals surface area contributed by atoms with Gasteiger partial charge in [0.05, 0.1) is 7.11 Å². The zero-order valence-corrected chi connectivity index (χ0v) is 12.0. The summed E-state index contributed by atoms with van der Waals surface area (Å²) in [6.45, 7) is 0. The quantitative estimate of drug-likeness (QED) is 0.817. The molecule has 4 atom stereocenters. The standard InChI is InChI=1S/C17H20O4/c1-21-15-6-4-12(9-14(15)18)17-11-3-2-10(8-11)13(17)5-7-16(19)20/h2-4,6,9-11,13,17-18H,5,7-8H2,1H3,(H,19,20). The van der Waals surface area contributed by atoms with E-state index in [4.69, 9.17) is 9.84 Å². The Balaban J connectivity index is 1.86. The number of phenols is 1. The number of hydrogen-bond acceptors (Lipinski definition) is 3. The van der Waals surface area contributed by atoms with E-state index < -0.39 is 5.97 Å². The molecule has 4 heteroatoms. The van der Waals surface area contributed by atoms with Gasteiger partial charge in [0.25, 0.3) is 0 Å². The molecule has 0 aromatic heterocycles. The summed E-state index contributed by atoms with van der Waals surface area (Å²) in [6, 6.07) is 5.55. The van der Waals surface area contributed by atoms with Crippen LogP contribution < -0.4 is 4.74 Å². The lowest BCUT2D eigenvalue weighted by atomic mass is 9.76. The first-order chi connectivity index (χ1) is 10.1. The summed E-state index contributed by atoms with van der Waals surface area (Å²) in [5, 5.41) is 18.9. The summed E-state index contributed by atoms with van der Waals surface area (Å²) in [4.78, 5) is 10.9. The Morgan fingerprint density at radius 3 is 2.76 bits per heavy atom. The molecular weight excluding hydrogens is 268 g/mol. The summed E-state index contributed by atoms with van der Waals surface area (Å²) < 4.78 is 5.09. The van der Waals surface area contributed by atoms with E-state index in [1.54, 1.807) is 12.1 Å². The van der Waals surface area contributed by atoms with Crippen molar-refractivity contribution in [2.45, 2.75) is 25.2 Å². The summed E-state index contributed by atoms with van der Waals surface area (Å²) in [5.74, 6) is 1.47. The topological polar surface area (TPSA) is 66.8 Å². The lowest BCUT2D eigenvalue weighted by molar-refractivity contribution is -0.137. The van der Waals surface area contributed by atoms with Gasteiger partial charge >= 0.3 is 5.97 Å². The van der Waals surface area contributed by atoms with Crippen molar-refractivity contribution in [1.29, 1.82) is 0 Å². The lowest BCUT2D eigenvalue weighted by Crippen LogP contribution is -2.19. The Bertz CT molecular complexity index is 578. The Hall–Kier alpha value is -1.97.